The van der Waals surface area contributed by atoms with E-state index in [1.165, 1.54) is 0 Å². The Morgan fingerprint density at radius 1 is 1.69 bits per heavy atom. The van der Waals surface area contributed by atoms with Gasteiger partial charge < -0.3 is 4.42 Å². The molecule has 0 bridgehead atoms. The van der Waals surface area contributed by atoms with Gasteiger partial charge in [0.15, 0.2) is 0 Å². The summed E-state index contributed by atoms with van der Waals surface area (Å²) in [6.07, 6.45) is 1.58. The lowest BCUT2D eigenvalue weighted by molar-refractivity contribution is 0.556. The SMILES string of the molecule is C/C(=N\NC(=S)NN)c1ccco1. The lowest BCUT2D eigenvalue weighted by Gasteiger charge is -2.01. The van der Waals surface area contributed by atoms with E-state index in [9.17, 15) is 0 Å². The average Bonchev–Trinajstić information content (AvgIpc) is 2.66. The molecule has 1 rings (SSSR count). The number of thiocarbonyl (C=S) groups is 1. The smallest absolute Gasteiger partial charge is 0.201 e. The molecule has 0 radical (unpaired) electrons. The van der Waals surface area contributed by atoms with Crippen LogP contribution >= 0.6 is 12.2 Å². The number of hydrazine groups is 1. The van der Waals surface area contributed by atoms with Gasteiger partial charge in [-0.05, 0) is 31.3 Å². The molecule has 13 heavy (non-hydrogen) atoms. The van der Waals surface area contributed by atoms with Gasteiger partial charge in [0.1, 0.15) is 11.5 Å². The predicted octanol–water partition coefficient (Wildman–Crippen LogP) is 0.341. The van der Waals surface area contributed by atoms with Crippen molar-refractivity contribution in [1.82, 2.24) is 10.9 Å². The number of nitrogens with two attached hydrogens (primary N) is 1. The Morgan fingerprint density at radius 2 is 2.46 bits per heavy atom. The minimum absolute atomic E-state index is 0.255. The van der Waals surface area contributed by atoms with Crippen LogP contribution in [-0.2, 0) is 0 Å². The van der Waals surface area contributed by atoms with Crippen LogP contribution in [0.15, 0.2) is 27.9 Å². The van der Waals surface area contributed by atoms with Crippen LogP contribution in [0.5, 0.6) is 0 Å². The molecule has 0 atom stereocenters. The van der Waals surface area contributed by atoms with Gasteiger partial charge in [-0.3, -0.25) is 10.9 Å². The van der Waals surface area contributed by atoms with Gasteiger partial charge in [0, 0.05) is 0 Å². The lowest BCUT2D eigenvalue weighted by Crippen LogP contribution is -2.37. The second-order valence-electron chi connectivity index (χ2n) is 2.26. The summed E-state index contributed by atoms with van der Waals surface area (Å²) in [7, 11) is 0. The summed E-state index contributed by atoms with van der Waals surface area (Å²) >= 11 is 4.72. The summed E-state index contributed by atoms with van der Waals surface area (Å²) < 4.78 is 5.10. The van der Waals surface area contributed by atoms with Crippen molar-refractivity contribution in [3.63, 3.8) is 0 Å². The molecule has 0 saturated heterocycles. The van der Waals surface area contributed by atoms with E-state index in [-0.39, 0.29) is 5.11 Å². The molecule has 1 heterocycles. The number of hydrogen-bond acceptors (Lipinski definition) is 4. The Morgan fingerprint density at radius 3 is 3.00 bits per heavy atom. The molecular formula is C7H10N4OS. The maximum Gasteiger partial charge on any atom is 0.201 e. The van der Waals surface area contributed by atoms with Gasteiger partial charge in [0.2, 0.25) is 5.11 Å². The summed E-state index contributed by atoms with van der Waals surface area (Å²) in [5, 5.41) is 4.18. The van der Waals surface area contributed by atoms with E-state index in [0.717, 1.165) is 0 Å². The van der Waals surface area contributed by atoms with Crippen LogP contribution in [0.4, 0.5) is 0 Å². The van der Waals surface area contributed by atoms with Crippen molar-refractivity contribution in [1.29, 1.82) is 0 Å². The zero-order valence-corrected chi connectivity index (χ0v) is 7.89. The molecule has 0 fully saturated rings. The summed E-state index contributed by atoms with van der Waals surface area (Å²) in [4.78, 5) is 0. The van der Waals surface area contributed by atoms with E-state index in [1.807, 2.05) is 0 Å². The van der Waals surface area contributed by atoms with Crippen molar-refractivity contribution in [3.05, 3.63) is 24.2 Å². The van der Waals surface area contributed by atoms with Crippen molar-refractivity contribution < 1.29 is 4.42 Å². The van der Waals surface area contributed by atoms with E-state index < -0.39 is 0 Å². The first-order valence-corrected chi connectivity index (χ1v) is 3.99. The Hall–Kier alpha value is -1.40. The van der Waals surface area contributed by atoms with Crippen LogP contribution in [0.1, 0.15) is 12.7 Å². The van der Waals surface area contributed by atoms with Crippen molar-refractivity contribution in [3.8, 4) is 0 Å². The highest BCUT2D eigenvalue weighted by atomic mass is 32.1. The molecule has 0 amide bonds. The molecular weight excluding hydrogens is 188 g/mol. The average molecular weight is 198 g/mol. The van der Waals surface area contributed by atoms with Gasteiger partial charge in [-0.2, -0.15) is 5.10 Å². The van der Waals surface area contributed by atoms with Gasteiger partial charge in [0.05, 0.1) is 6.26 Å². The van der Waals surface area contributed by atoms with Gasteiger partial charge in [-0.15, -0.1) is 0 Å². The zero-order chi connectivity index (χ0) is 9.68. The van der Waals surface area contributed by atoms with Crippen molar-refractivity contribution in [2.24, 2.45) is 10.9 Å². The Balaban J connectivity index is 2.57. The van der Waals surface area contributed by atoms with Crippen molar-refractivity contribution in [2.45, 2.75) is 6.92 Å². The Kier molecular flexibility index (Phi) is 3.41. The maximum absolute atomic E-state index is 5.10. The fourth-order valence-corrected chi connectivity index (χ4v) is 0.752. The summed E-state index contributed by atoms with van der Waals surface area (Å²) in [5.41, 5.74) is 5.49. The minimum Gasteiger partial charge on any atom is -0.463 e. The normalized spacial score (nSPS) is 11.1. The third-order valence-electron chi connectivity index (χ3n) is 1.33. The predicted molar refractivity (Wildman–Crippen MR) is 54.0 cm³/mol. The number of nitrogens with one attached hydrogen (secondary N) is 2. The monoisotopic (exact) mass is 198 g/mol. The van der Waals surface area contributed by atoms with E-state index in [4.69, 9.17) is 22.5 Å². The standard InChI is InChI=1S/C7H10N4OS/c1-5(6-3-2-4-12-6)10-11-7(13)9-8/h2-4H,8H2,1H3,(H2,9,11,13)/b10-5+. The molecule has 0 aliphatic carbocycles. The zero-order valence-electron chi connectivity index (χ0n) is 7.07. The first-order chi connectivity index (χ1) is 6.24. The molecule has 0 saturated carbocycles. The first-order valence-electron chi connectivity index (χ1n) is 3.59. The summed E-state index contributed by atoms with van der Waals surface area (Å²) in [6, 6.07) is 3.59. The number of rotatable bonds is 2. The van der Waals surface area contributed by atoms with Crippen LogP contribution in [0.3, 0.4) is 0 Å². The molecule has 5 nitrogen and oxygen atoms in total. The topological polar surface area (TPSA) is 75.6 Å². The van der Waals surface area contributed by atoms with E-state index >= 15 is 0 Å². The highest BCUT2D eigenvalue weighted by molar-refractivity contribution is 7.80. The molecule has 0 spiro atoms. The van der Waals surface area contributed by atoms with Crippen LogP contribution < -0.4 is 16.7 Å². The summed E-state index contributed by atoms with van der Waals surface area (Å²) in [6.45, 7) is 1.80. The molecule has 1 aromatic rings. The number of hydrogen-bond donors (Lipinski definition) is 3. The molecule has 0 aliphatic rings. The number of hydrazone groups is 1. The van der Waals surface area contributed by atoms with E-state index in [1.54, 1.807) is 25.3 Å². The van der Waals surface area contributed by atoms with E-state index in [2.05, 4.69) is 16.0 Å². The van der Waals surface area contributed by atoms with Gasteiger partial charge >= 0.3 is 0 Å². The molecule has 4 N–H and O–H groups in total. The minimum atomic E-state index is 0.255. The van der Waals surface area contributed by atoms with Crippen LogP contribution in [0.2, 0.25) is 0 Å². The Labute approximate surface area is 81.0 Å². The van der Waals surface area contributed by atoms with Crippen molar-refractivity contribution in [2.75, 3.05) is 0 Å². The molecule has 0 unspecified atom stereocenters. The largest absolute Gasteiger partial charge is 0.463 e. The third kappa shape index (κ3) is 2.85. The fraction of sp³-hybridized carbons (Fsp3) is 0.143. The highest BCUT2D eigenvalue weighted by Crippen LogP contribution is 2.00. The quantitative estimate of drug-likeness (QED) is 0.276. The summed E-state index contributed by atoms with van der Waals surface area (Å²) in [5.74, 6) is 5.72. The van der Waals surface area contributed by atoms with Gasteiger partial charge in [0.25, 0.3) is 0 Å². The molecule has 6 heteroatoms. The molecule has 1 aromatic heterocycles. The van der Waals surface area contributed by atoms with Gasteiger partial charge in [-0.25, -0.2) is 5.84 Å². The van der Waals surface area contributed by atoms with Gasteiger partial charge in [-0.1, -0.05) is 0 Å². The first kappa shape index (κ1) is 9.69. The molecule has 0 aliphatic heterocycles. The maximum atomic E-state index is 5.10. The molecule has 70 valence electrons. The molecule has 0 aromatic carbocycles. The second-order valence-corrected chi connectivity index (χ2v) is 2.67. The van der Waals surface area contributed by atoms with Crippen molar-refractivity contribution >= 4 is 23.0 Å². The van der Waals surface area contributed by atoms with Crippen LogP contribution in [-0.4, -0.2) is 10.8 Å². The fourth-order valence-electron chi connectivity index (χ4n) is 0.706. The lowest BCUT2D eigenvalue weighted by atomic mass is 10.3. The van der Waals surface area contributed by atoms with Crippen LogP contribution in [0.25, 0.3) is 0 Å². The Bertz CT molecular complexity index is 306. The number of furan rings is 1. The number of nitrogens with zero attached hydrogens (tertiary/aromatic N) is 1. The highest BCUT2D eigenvalue weighted by Gasteiger charge is 1.99. The van der Waals surface area contributed by atoms with Crippen LogP contribution in [0, 0.1) is 0 Å². The second kappa shape index (κ2) is 4.58. The third-order valence-corrected chi connectivity index (χ3v) is 1.54. The van der Waals surface area contributed by atoms with E-state index in [0.29, 0.717) is 11.5 Å².